The van der Waals surface area contributed by atoms with E-state index in [2.05, 4.69) is 4.74 Å². The Morgan fingerprint density at radius 1 is 1.47 bits per heavy atom. The molecule has 0 spiro atoms. The van der Waals surface area contributed by atoms with E-state index in [9.17, 15) is 14.4 Å². The van der Waals surface area contributed by atoms with Crippen molar-refractivity contribution in [3.8, 4) is 0 Å². The Labute approximate surface area is 92.4 Å². The van der Waals surface area contributed by atoms with Crippen LogP contribution in [-0.4, -0.2) is 35.7 Å². The lowest BCUT2D eigenvalue weighted by Gasteiger charge is -2.11. The van der Waals surface area contributed by atoms with E-state index in [1.54, 1.807) is 6.92 Å². The Bertz CT molecular complexity index is 246. The highest BCUT2D eigenvalue weighted by Gasteiger charge is 2.22. The number of hydrogen-bond donors (Lipinski definition) is 3. The van der Waals surface area contributed by atoms with Gasteiger partial charge in [0, 0.05) is 0 Å². The molecule has 0 radical (unpaired) electrons. The SMILES string of the molecule is CCOC(=O)N[C@@H](CC(N)=O)C(=O)O.Cl. The van der Waals surface area contributed by atoms with Crippen LogP contribution in [-0.2, 0) is 14.3 Å². The van der Waals surface area contributed by atoms with Crippen molar-refractivity contribution in [1.29, 1.82) is 0 Å². The number of hydrogen-bond acceptors (Lipinski definition) is 4. The van der Waals surface area contributed by atoms with Crippen molar-refractivity contribution in [3.63, 3.8) is 0 Å². The number of halogens is 1. The molecule has 0 aromatic heterocycles. The highest BCUT2D eigenvalue weighted by molar-refractivity contribution is 5.86. The first-order chi connectivity index (χ1) is 6.47. The normalized spacial score (nSPS) is 10.7. The summed E-state index contributed by atoms with van der Waals surface area (Å²) in [6.45, 7) is 1.69. The van der Waals surface area contributed by atoms with Gasteiger partial charge < -0.3 is 20.9 Å². The molecule has 0 rings (SSSR count). The third kappa shape index (κ3) is 7.56. The maximum Gasteiger partial charge on any atom is 0.407 e. The lowest BCUT2D eigenvalue weighted by atomic mass is 10.2. The van der Waals surface area contributed by atoms with Crippen LogP contribution in [0.2, 0.25) is 0 Å². The molecule has 0 aliphatic carbocycles. The number of primary amides is 1. The predicted molar refractivity (Wildman–Crippen MR) is 52.6 cm³/mol. The van der Waals surface area contributed by atoms with Crippen molar-refractivity contribution in [2.75, 3.05) is 6.61 Å². The Balaban J connectivity index is 0. The fourth-order valence-corrected chi connectivity index (χ4v) is 0.716. The van der Waals surface area contributed by atoms with Crippen LogP contribution < -0.4 is 11.1 Å². The van der Waals surface area contributed by atoms with Gasteiger partial charge in [0.05, 0.1) is 13.0 Å². The summed E-state index contributed by atoms with van der Waals surface area (Å²) in [4.78, 5) is 31.7. The van der Waals surface area contributed by atoms with E-state index >= 15 is 0 Å². The van der Waals surface area contributed by atoms with Crippen molar-refractivity contribution in [1.82, 2.24) is 5.32 Å². The second kappa shape index (κ2) is 7.86. The maximum absolute atomic E-state index is 10.8. The fraction of sp³-hybridized carbons (Fsp3) is 0.571. The van der Waals surface area contributed by atoms with Crippen molar-refractivity contribution in [2.24, 2.45) is 5.73 Å². The standard InChI is InChI=1S/C7H12N2O5.ClH/c1-2-14-7(13)9-4(6(11)12)3-5(8)10;/h4H,2-3H2,1H3,(H2,8,10)(H,9,13)(H,11,12);1H/t4-;/m0./s1. The minimum atomic E-state index is -1.34. The zero-order valence-electron chi connectivity index (χ0n) is 8.06. The van der Waals surface area contributed by atoms with Crippen LogP contribution in [0.15, 0.2) is 0 Å². The molecule has 0 unspecified atom stereocenters. The van der Waals surface area contributed by atoms with Crippen molar-refractivity contribution >= 4 is 30.4 Å². The summed E-state index contributed by atoms with van der Waals surface area (Å²) >= 11 is 0. The minimum Gasteiger partial charge on any atom is -0.480 e. The lowest BCUT2D eigenvalue weighted by Crippen LogP contribution is -2.43. The monoisotopic (exact) mass is 240 g/mol. The molecule has 15 heavy (non-hydrogen) atoms. The van der Waals surface area contributed by atoms with Crippen molar-refractivity contribution in [2.45, 2.75) is 19.4 Å². The molecule has 0 saturated heterocycles. The summed E-state index contributed by atoms with van der Waals surface area (Å²) in [6, 6.07) is -1.34. The zero-order valence-corrected chi connectivity index (χ0v) is 8.87. The second-order valence-electron chi connectivity index (χ2n) is 2.43. The highest BCUT2D eigenvalue weighted by Crippen LogP contribution is 1.92. The molecule has 0 heterocycles. The van der Waals surface area contributed by atoms with Crippen molar-refractivity contribution < 1.29 is 24.2 Å². The van der Waals surface area contributed by atoms with Crippen LogP contribution in [0.5, 0.6) is 0 Å². The van der Waals surface area contributed by atoms with E-state index in [-0.39, 0.29) is 19.0 Å². The number of alkyl carbamates (subject to hydrolysis) is 1. The quantitative estimate of drug-likeness (QED) is 0.598. The summed E-state index contributed by atoms with van der Waals surface area (Å²) in [6.07, 6.45) is -1.35. The molecule has 0 saturated carbocycles. The predicted octanol–water partition coefficient (Wildman–Crippen LogP) is -0.517. The van der Waals surface area contributed by atoms with Gasteiger partial charge in [0.2, 0.25) is 5.91 Å². The van der Waals surface area contributed by atoms with Gasteiger partial charge in [-0.15, -0.1) is 12.4 Å². The fourth-order valence-electron chi connectivity index (χ4n) is 0.716. The molecule has 88 valence electrons. The van der Waals surface area contributed by atoms with Gasteiger partial charge in [0.25, 0.3) is 0 Å². The number of carboxylic acid groups (broad SMARTS) is 1. The molecule has 0 aliphatic heterocycles. The molecule has 0 aromatic carbocycles. The molecular weight excluding hydrogens is 228 g/mol. The molecular formula is C7H13ClN2O5. The highest BCUT2D eigenvalue weighted by atomic mass is 35.5. The third-order valence-electron chi connectivity index (χ3n) is 1.27. The molecule has 7 nitrogen and oxygen atoms in total. The van der Waals surface area contributed by atoms with Crippen LogP contribution in [0.25, 0.3) is 0 Å². The molecule has 8 heteroatoms. The molecule has 0 bridgehead atoms. The van der Waals surface area contributed by atoms with Gasteiger partial charge >= 0.3 is 12.1 Å². The number of nitrogens with two attached hydrogens (primary N) is 1. The number of amides is 2. The largest absolute Gasteiger partial charge is 0.480 e. The van der Waals surface area contributed by atoms with Crippen LogP contribution in [0.4, 0.5) is 4.79 Å². The smallest absolute Gasteiger partial charge is 0.407 e. The molecule has 2 amide bonds. The third-order valence-corrected chi connectivity index (χ3v) is 1.27. The first-order valence-corrected chi connectivity index (χ1v) is 3.91. The average Bonchev–Trinajstić information content (AvgIpc) is 2.02. The van der Waals surface area contributed by atoms with Gasteiger partial charge in [-0.3, -0.25) is 4.79 Å². The van der Waals surface area contributed by atoms with Gasteiger partial charge in [0.1, 0.15) is 6.04 Å². The van der Waals surface area contributed by atoms with E-state index in [0.717, 1.165) is 0 Å². The summed E-state index contributed by atoms with van der Waals surface area (Å²) in [7, 11) is 0. The topological polar surface area (TPSA) is 119 Å². The average molecular weight is 241 g/mol. The zero-order chi connectivity index (χ0) is 11.1. The minimum absolute atomic E-state index is 0. The van der Waals surface area contributed by atoms with Crippen LogP contribution in [0, 0.1) is 0 Å². The van der Waals surface area contributed by atoms with Crippen LogP contribution in [0.3, 0.4) is 0 Å². The van der Waals surface area contributed by atoms with Gasteiger partial charge in [0.15, 0.2) is 0 Å². The molecule has 1 atom stereocenters. The summed E-state index contributed by atoms with van der Waals surface area (Å²) in [5, 5.41) is 10.5. The lowest BCUT2D eigenvalue weighted by molar-refractivity contribution is -0.141. The molecule has 0 fully saturated rings. The summed E-state index contributed by atoms with van der Waals surface area (Å²) in [5.74, 6) is -2.15. The number of carbonyl (C=O) groups is 3. The van der Waals surface area contributed by atoms with Gasteiger partial charge in [-0.05, 0) is 6.92 Å². The van der Waals surface area contributed by atoms with E-state index in [4.69, 9.17) is 10.8 Å². The maximum atomic E-state index is 10.8. The number of rotatable bonds is 5. The molecule has 4 N–H and O–H groups in total. The number of carbonyl (C=O) groups excluding carboxylic acids is 2. The van der Waals surface area contributed by atoms with E-state index in [1.807, 2.05) is 5.32 Å². The Morgan fingerprint density at radius 3 is 2.33 bits per heavy atom. The van der Waals surface area contributed by atoms with Gasteiger partial charge in [-0.25, -0.2) is 9.59 Å². The number of ether oxygens (including phenoxy) is 1. The number of nitrogens with one attached hydrogen (secondary N) is 1. The van der Waals surface area contributed by atoms with Gasteiger partial charge in [-0.1, -0.05) is 0 Å². The van der Waals surface area contributed by atoms with Crippen molar-refractivity contribution in [3.05, 3.63) is 0 Å². The Morgan fingerprint density at radius 2 is 2.00 bits per heavy atom. The van der Waals surface area contributed by atoms with E-state index < -0.39 is 30.4 Å². The van der Waals surface area contributed by atoms with E-state index in [0.29, 0.717) is 0 Å². The van der Waals surface area contributed by atoms with Crippen LogP contribution in [0.1, 0.15) is 13.3 Å². The Kier molecular flexibility index (Phi) is 8.36. The summed E-state index contributed by atoms with van der Waals surface area (Å²) in [5.41, 5.74) is 4.79. The van der Waals surface area contributed by atoms with Crippen LogP contribution >= 0.6 is 12.4 Å². The number of carboxylic acids is 1. The molecule has 0 aliphatic rings. The summed E-state index contributed by atoms with van der Waals surface area (Å²) < 4.78 is 4.44. The van der Waals surface area contributed by atoms with Gasteiger partial charge in [-0.2, -0.15) is 0 Å². The Hall–Kier alpha value is -1.50. The first-order valence-electron chi connectivity index (χ1n) is 3.91. The first kappa shape index (κ1) is 15.9. The molecule has 0 aromatic rings. The second-order valence-corrected chi connectivity index (χ2v) is 2.43. The number of aliphatic carboxylic acids is 1. The van der Waals surface area contributed by atoms with E-state index in [1.165, 1.54) is 0 Å².